The summed E-state index contributed by atoms with van der Waals surface area (Å²) in [6, 6.07) is 71.0. The van der Waals surface area contributed by atoms with E-state index < -0.39 is 0 Å². The van der Waals surface area contributed by atoms with E-state index in [2.05, 4.69) is 203 Å². The van der Waals surface area contributed by atoms with Crippen LogP contribution in [0.5, 0.6) is 0 Å². The third-order valence-corrected chi connectivity index (χ3v) is 10.9. The summed E-state index contributed by atoms with van der Waals surface area (Å²) in [6.07, 6.45) is 0. The van der Waals surface area contributed by atoms with Crippen LogP contribution in [0.2, 0.25) is 0 Å². The van der Waals surface area contributed by atoms with Crippen LogP contribution in [0.25, 0.3) is 98.8 Å². The largest absolute Gasteiger partial charge is 0.307 e. The first-order chi connectivity index (χ1) is 25.8. The molecule has 11 aromatic rings. The summed E-state index contributed by atoms with van der Waals surface area (Å²) in [5, 5.41) is 10.0. The summed E-state index contributed by atoms with van der Waals surface area (Å²) in [7, 11) is 0. The fourth-order valence-electron chi connectivity index (χ4n) is 8.38. The molecule has 2 heteroatoms. The lowest BCUT2D eigenvalue weighted by molar-refractivity contribution is 1.15. The maximum Gasteiger partial charge on any atom is 0.0788 e. The van der Waals surface area contributed by atoms with Gasteiger partial charge >= 0.3 is 0 Å². The minimum absolute atomic E-state index is 1.15. The van der Waals surface area contributed by atoms with E-state index in [4.69, 9.17) is 0 Å². The maximum atomic E-state index is 2.47. The number of nitrogens with zero attached hydrogens (tertiary/aromatic N) is 2. The van der Waals surface area contributed by atoms with Crippen LogP contribution in [0.4, 0.5) is 0 Å². The Labute approximate surface area is 301 Å². The summed E-state index contributed by atoms with van der Waals surface area (Å²) >= 11 is 0. The van der Waals surface area contributed by atoms with E-state index in [0.717, 1.165) is 11.4 Å². The Morgan fingerprint density at radius 2 is 0.615 bits per heavy atom. The zero-order valence-electron chi connectivity index (χ0n) is 28.4. The van der Waals surface area contributed by atoms with E-state index in [1.165, 1.54) is 87.4 Å². The lowest BCUT2D eigenvalue weighted by Gasteiger charge is -2.14. The number of para-hydroxylation sites is 2. The molecule has 242 valence electrons. The van der Waals surface area contributed by atoms with Crippen molar-refractivity contribution in [2.24, 2.45) is 0 Å². The number of hydrogen-bond donors (Lipinski definition) is 0. The molecule has 0 spiro atoms. The highest BCUT2D eigenvalue weighted by Gasteiger charge is 2.21. The van der Waals surface area contributed by atoms with Crippen molar-refractivity contribution in [2.75, 3.05) is 0 Å². The molecule has 0 amide bonds. The summed E-state index contributed by atoms with van der Waals surface area (Å²) < 4.78 is 4.94. The van der Waals surface area contributed by atoms with Crippen molar-refractivity contribution in [3.8, 4) is 33.6 Å². The van der Waals surface area contributed by atoms with Crippen LogP contribution in [0.3, 0.4) is 0 Å². The number of benzene rings is 9. The van der Waals surface area contributed by atoms with Gasteiger partial charge in [0, 0.05) is 32.9 Å². The van der Waals surface area contributed by atoms with E-state index in [9.17, 15) is 0 Å². The second-order valence-corrected chi connectivity index (χ2v) is 13.8. The minimum Gasteiger partial charge on any atom is -0.307 e. The molecule has 11 rings (SSSR count). The normalized spacial score (nSPS) is 11.8. The van der Waals surface area contributed by atoms with Gasteiger partial charge in [0.25, 0.3) is 0 Å². The zero-order chi connectivity index (χ0) is 34.2. The molecule has 0 unspecified atom stereocenters. The Morgan fingerprint density at radius 3 is 1.06 bits per heavy atom. The molecule has 0 saturated heterocycles. The van der Waals surface area contributed by atoms with Gasteiger partial charge < -0.3 is 9.13 Å². The molecule has 52 heavy (non-hydrogen) atoms. The first-order valence-corrected chi connectivity index (χ1v) is 17.9. The van der Waals surface area contributed by atoms with Gasteiger partial charge in [0.1, 0.15) is 0 Å². The van der Waals surface area contributed by atoms with Gasteiger partial charge in [-0.2, -0.15) is 0 Å². The van der Waals surface area contributed by atoms with Crippen LogP contribution in [-0.2, 0) is 0 Å². The van der Waals surface area contributed by atoms with Crippen molar-refractivity contribution < 1.29 is 0 Å². The molecule has 2 nitrogen and oxygen atoms in total. The summed E-state index contributed by atoms with van der Waals surface area (Å²) in [6.45, 7) is 0. The SMILES string of the molecule is c1ccc2cc(-c3ccc(-n4c5ccccc5c5ccc6c7ccccc7n(-c7ccc(-c8ccc9ccccc9c8)cc7)c6c54)cc3)ccc2c1. The van der Waals surface area contributed by atoms with Crippen molar-refractivity contribution >= 4 is 65.2 Å². The Kier molecular flexibility index (Phi) is 6.28. The molecule has 0 aliphatic heterocycles. The molecule has 0 bridgehead atoms. The smallest absolute Gasteiger partial charge is 0.0788 e. The van der Waals surface area contributed by atoms with Crippen molar-refractivity contribution in [3.05, 3.63) is 194 Å². The summed E-state index contributed by atoms with van der Waals surface area (Å²) in [4.78, 5) is 0. The topological polar surface area (TPSA) is 9.86 Å². The molecule has 2 heterocycles. The summed E-state index contributed by atoms with van der Waals surface area (Å²) in [5.41, 5.74) is 12.0. The number of rotatable bonds is 4. The van der Waals surface area contributed by atoms with Crippen molar-refractivity contribution in [1.29, 1.82) is 0 Å². The minimum atomic E-state index is 1.15. The molecule has 0 atom stereocenters. The highest BCUT2D eigenvalue weighted by Crippen LogP contribution is 2.42. The molecule has 2 aromatic heterocycles. The molecule has 0 aliphatic carbocycles. The predicted molar refractivity (Wildman–Crippen MR) is 221 cm³/mol. The van der Waals surface area contributed by atoms with Crippen molar-refractivity contribution in [3.63, 3.8) is 0 Å². The molecular weight excluding hydrogens is 629 g/mol. The number of hydrogen-bond acceptors (Lipinski definition) is 0. The van der Waals surface area contributed by atoms with Crippen molar-refractivity contribution in [1.82, 2.24) is 9.13 Å². The molecule has 0 fully saturated rings. The van der Waals surface area contributed by atoms with Gasteiger partial charge in [-0.15, -0.1) is 0 Å². The second kappa shape index (κ2) is 11.3. The van der Waals surface area contributed by atoms with Gasteiger partial charge in [0.15, 0.2) is 0 Å². The fourth-order valence-corrected chi connectivity index (χ4v) is 8.38. The Balaban J connectivity index is 1.13. The van der Waals surface area contributed by atoms with Gasteiger partial charge in [0.05, 0.1) is 22.1 Å². The van der Waals surface area contributed by atoms with E-state index in [1.54, 1.807) is 0 Å². The third-order valence-electron chi connectivity index (χ3n) is 10.9. The van der Waals surface area contributed by atoms with Gasteiger partial charge in [0.2, 0.25) is 0 Å². The highest BCUT2D eigenvalue weighted by molar-refractivity contribution is 6.23. The molecule has 0 N–H and O–H groups in total. The molecule has 0 radical (unpaired) electrons. The quantitative estimate of drug-likeness (QED) is 0.178. The average molecular weight is 661 g/mol. The van der Waals surface area contributed by atoms with E-state index >= 15 is 0 Å². The Bertz CT molecular complexity index is 2940. The van der Waals surface area contributed by atoms with Crippen LogP contribution >= 0.6 is 0 Å². The first-order valence-electron chi connectivity index (χ1n) is 17.9. The highest BCUT2D eigenvalue weighted by atomic mass is 15.0. The van der Waals surface area contributed by atoms with E-state index in [0.29, 0.717) is 0 Å². The molecular formula is C50H32N2. The van der Waals surface area contributed by atoms with Crippen molar-refractivity contribution in [2.45, 2.75) is 0 Å². The van der Waals surface area contributed by atoms with E-state index in [1.807, 2.05) is 0 Å². The third kappa shape index (κ3) is 4.38. The Hall–Kier alpha value is -6.90. The lowest BCUT2D eigenvalue weighted by Crippen LogP contribution is -1.99. The first kappa shape index (κ1) is 28.9. The average Bonchev–Trinajstić information content (AvgIpc) is 3.74. The molecule has 0 aliphatic rings. The maximum absolute atomic E-state index is 2.47. The Morgan fingerprint density at radius 1 is 0.250 bits per heavy atom. The molecule has 9 aromatic carbocycles. The monoisotopic (exact) mass is 660 g/mol. The van der Waals surface area contributed by atoms with E-state index in [-0.39, 0.29) is 0 Å². The standard InChI is InChI=1S/C50H32N2/c1-3-11-37-31-39(19-17-33(37)9-1)35-21-25-41(26-22-35)51-47-15-7-5-13-43(47)45-29-30-46-44-14-6-8-16-48(44)52(50(46)49(45)51)42-27-23-36(24-28-42)40-20-18-34-10-2-4-12-38(34)32-40/h1-32H. The van der Waals surface area contributed by atoms with Gasteiger partial charge in [-0.05, 0) is 92.3 Å². The van der Waals surface area contributed by atoms with Gasteiger partial charge in [-0.25, -0.2) is 0 Å². The van der Waals surface area contributed by atoms with Gasteiger partial charge in [-0.3, -0.25) is 0 Å². The van der Waals surface area contributed by atoms with Crippen LogP contribution in [0, 0.1) is 0 Å². The van der Waals surface area contributed by atoms with Gasteiger partial charge in [-0.1, -0.05) is 146 Å². The van der Waals surface area contributed by atoms with Crippen LogP contribution < -0.4 is 0 Å². The molecule has 0 saturated carbocycles. The summed E-state index contributed by atoms with van der Waals surface area (Å²) in [5.74, 6) is 0. The van der Waals surface area contributed by atoms with Crippen LogP contribution in [-0.4, -0.2) is 9.13 Å². The fraction of sp³-hybridized carbons (Fsp3) is 0. The predicted octanol–water partition coefficient (Wildman–Crippen LogP) is 13.5. The number of fused-ring (bicyclic) bond motifs is 9. The zero-order valence-corrected chi connectivity index (χ0v) is 28.4. The lowest BCUT2D eigenvalue weighted by atomic mass is 10.0. The van der Waals surface area contributed by atoms with Crippen LogP contribution in [0.1, 0.15) is 0 Å². The number of aromatic nitrogens is 2. The second-order valence-electron chi connectivity index (χ2n) is 13.8. The van der Waals surface area contributed by atoms with Crippen LogP contribution in [0.15, 0.2) is 194 Å².